The van der Waals surface area contributed by atoms with E-state index in [9.17, 15) is 4.79 Å². The van der Waals surface area contributed by atoms with Gasteiger partial charge in [0.2, 0.25) is 0 Å². The Balaban J connectivity index is 2.23. The summed E-state index contributed by atoms with van der Waals surface area (Å²) in [7, 11) is 0. The highest BCUT2D eigenvalue weighted by Crippen LogP contribution is 2.40. The number of hydrogen-bond acceptors (Lipinski definition) is 2. The average Bonchev–Trinajstić information content (AvgIpc) is 2.26. The van der Waals surface area contributed by atoms with E-state index < -0.39 is 0 Å². The van der Waals surface area contributed by atoms with Crippen molar-refractivity contribution in [2.45, 2.75) is 24.1 Å². The van der Waals surface area contributed by atoms with Gasteiger partial charge in [0.1, 0.15) is 0 Å². The summed E-state index contributed by atoms with van der Waals surface area (Å²) >= 11 is 3.47. The number of allylic oxidation sites excluding steroid dienone is 4. The van der Waals surface area contributed by atoms with Crippen molar-refractivity contribution in [3.8, 4) is 0 Å². The molecule has 0 aromatic rings. The maximum Gasteiger partial charge on any atom is 0.172 e. The van der Waals surface area contributed by atoms with Crippen LogP contribution in [0.25, 0.3) is 0 Å². The fourth-order valence-corrected chi connectivity index (χ4v) is 3.35. The molecule has 0 radical (unpaired) electrons. The molecule has 0 aromatic carbocycles. The number of halogens is 1. The van der Waals surface area contributed by atoms with E-state index in [0.717, 1.165) is 24.8 Å². The number of rotatable bonds is 2. The van der Waals surface area contributed by atoms with Gasteiger partial charge in [-0.25, -0.2) is 0 Å². The average molecular weight is 270 g/mol. The van der Waals surface area contributed by atoms with Crippen LogP contribution in [0.3, 0.4) is 0 Å². The summed E-state index contributed by atoms with van der Waals surface area (Å²) in [6, 6.07) is 0. The Hall–Kier alpha value is -0.410. The van der Waals surface area contributed by atoms with E-state index in [2.05, 4.69) is 22.0 Å². The SMILES string of the molecule is NCCC1CC(Br)C(=O)C2=CC=CCC21. The van der Waals surface area contributed by atoms with Gasteiger partial charge in [-0.15, -0.1) is 0 Å². The Bertz CT molecular complexity index is 322. The van der Waals surface area contributed by atoms with Gasteiger partial charge >= 0.3 is 0 Å². The van der Waals surface area contributed by atoms with Gasteiger partial charge < -0.3 is 5.73 Å². The molecule has 0 amide bonds. The van der Waals surface area contributed by atoms with Gasteiger partial charge in [-0.1, -0.05) is 34.2 Å². The summed E-state index contributed by atoms with van der Waals surface area (Å²) in [6.45, 7) is 0.714. The molecule has 82 valence electrons. The Morgan fingerprint density at radius 3 is 3.07 bits per heavy atom. The van der Waals surface area contributed by atoms with Crippen LogP contribution in [0.4, 0.5) is 0 Å². The highest BCUT2D eigenvalue weighted by atomic mass is 79.9. The zero-order valence-corrected chi connectivity index (χ0v) is 10.2. The first-order valence-electron chi connectivity index (χ1n) is 5.49. The Morgan fingerprint density at radius 1 is 1.53 bits per heavy atom. The van der Waals surface area contributed by atoms with Gasteiger partial charge in [-0.05, 0) is 43.2 Å². The van der Waals surface area contributed by atoms with E-state index in [1.165, 1.54) is 0 Å². The summed E-state index contributed by atoms with van der Waals surface area (Å²) in [6.07, 6.45) is 9.08. The molecule has 2 N–H and O–H groups in total. The Morgan fingerprint density at radius 2 is 2.33 bits per heavy atom. The Kier molecular flexibility index (Phi) is 3.42. The molecule has 1 saturated carbocycles. The highest BCUT2D eigenvalue weighted by molar-refractivity contribution is 9.10. The fourth-order valence-electron chi connectivity index (χ4n) is 2.61. The lowest BCUT2D eigenvalue weighted by Crippen LogP contribution is -2.36. The smallest absolute Gasteiger partial charge is 0.172 e. The Labute approximate surface area is 98.7 Å². The lowest BCUT2D eigenvalue weighted by Gasteiger charge is -2.36. The molecule has 3 heteroatoms. The number of alkyl halides is 1. The molecule has 2 aliphatic rings. The van der Waals surface area contributed by atoms with Crippen molar-refractivity contribution in [1.29, 1.82) is 0 Å². The third kappa shape index (κ3) is 2.08. The van der Waals surface area contributed by atoms with Crippen LogP contribution >= 0.6 is 15.9 Å². The normalized spacial score (nSPS) is 34.9. The molecule has 0 aliphatic heterocycles. The quantitative estimate of drug-likeness (QED) is 0.781. The second kappa shape index (κ2) is 4.62. The van der Waals surface area contributed by atoms with Gasteiger partial charge in [0.05, 0.1) is 4.83 Å². The molecule has 2 rings (SSSR count). The first-order chi connectivity index (χ1) is 7.24. The molecular weight excluding hydrogens is 254 g/mol. The van der Waals surface area contributed by atoms with E-state index in [0.29, 0.717) is 18.4 Å². The van der Waals surface area contributed by atoms with Crippen molar-refractivity contribution >= 4 is 21.7 Å². The maximum absolute atomic E-state index is 11.9. The van der Waals surface area contributed by atoms with Crippen LogP contribution in [-0.4, -0.2) is 17.2 Å². The van der Waals surface area contributed by atoms with Crippen LogP contribution < -0.4 is 5.73 Å². The van der Waals surface area contributed by atoms with Crippen molar-refractivity contribution in [3.05, 3.63) is 23.8 Å². The van der Waals surface area contributed by atoms with Gasteiger partial charge in [0.25, 0.3) is 0 Å². The topological polar surface area (TPSA) is 43.1 Å². The molecule has 3 unspecified atom stereocenters. The lowest BCUT2D eigenvalue weighted by molar-refractivity contribution is -0.117. The molecule has 0 heterocycles. The minimum absolute atomic E-state index is 0.00282. The van der Waals surface area contributed by atoms with E-state index in [1.807, 2.05) is 12.2 Å². The summed E-state index contributed by atoms with van der Waals surface area (Å²) in [5.74, 6) is 1.26. The van der Waals surface area contributed by atoms with Crippen molar-refractivity contribution in [2.75, 3.05) is 6.54 Å². The number of hydrogen-bond donors (Lipinski definition) is 1. The molecular formula is C12H16BrNO. The van der Waals surface area contributed by atoms with Crippen molar-refractivity contribution in [3.63, 3.8) is 0 Å². The zero-order valence-electron chi connectivity index (χ0n) is 8.66. The second-order valence-electron chi connectivity index (χ2n) is 4.30. The molecule has 1 fully saturated rings. The van der Waals surface area contributed by atoms with Crippen molar-refractivity contribution in [2.24, 2.45) is 17.6 Å². The van der Waals surface area contributed by atoms with Crippen LogP contribution in [0.5, 0.6) is 0 Å². The number of ketones is 1. The predicted molar refractivity (Wildman–Crippen MR) is 64.8 cm³/mol. The molecule has 2 nitrogen and oxygen atoms in total. The maximum atomic E-state index is 11.9. The van der Waals surface area contributed by atoms with Crippen LogP contribution in [0.15, 0.2) is 23.8 Å². The molecule has 0 bridgehead atoms. The van der Waals surface area contributed by atoms with Crippen molar-refractivity contribution in [1.82, 2.24) is 0 Å². The number of Topliss-reactive ketones (excluding diaryl/α,β-unsaturated/α-hetero) is 1. The monoisotopic (exact) mass is 269 g/mol. The number of carbonyl (C=O) groups excluding carboxylic acids is 1. The largest absolute Gasteiger partial charge is 0.330 e. The van der Waals surface area contributed by atoms with E-state index in [-0.39, 0.29) is 10.6 Å². The van der Waals surface area contributed by atoms with Crippen LogP contribution in [-0.2, 0) is 4.79 Å². The molecule has 0 spiro atoms. The van der Waals surface area contributed by atoms with Crippen LogP contribution in [0.2, 0.25) is 0 Å². The van der Waals surface area contributed by atoms with E-state index in [1.54, 1.807) is 0 Å². The lowest BCUT2D eigenvalue weighted by atomic mass is 9.70. The predicted octanol–water partition coefficient (Wildman–Crippen LogP) is 2.19. The van der Waals surface area contributed by atoms with Crippen LogP contribution in [0, 0.1) is 11.8 Å². The first kappa shape index (κ1) is 11.1. The van der Waals surface area contributed by atoms with Gasteiger partial charge in [0, 0.05) is 0 Å². The number of nitrogens with two attached hydrogens (primary N) is 1. The standard InChI is InChI=1S/C12H16BrNO/c13-11-7-8(5-6-14)9-3-1-2-4-10(9)12(11)15/h1-2,4,8-9,11H,3,5-7,14H2. The molecule has 0 aromatic heterocycles. The van der Waals surface area contributed by atoms with E-state index in [4.69, 9.17) is 5.73 Å². The van der Waals surface area contributed by atoms with Gasteiger partial charge in [-0.3, -0.25) is 4.79 Å². The van der Waals surface area contributed by atoms with E-state index >= 15 is 0 Å². The fraction of sp³-hybridized carbons (Fsp3) is 0.583. The minimum Gasteiger partial charge on any atom is -0.330 e. The first-order valence-corrected chi connectivity index (χ1v) is 6.40. The summed E-state index contributed by atoms with van der Waals surface area (Å²) < 4.78 is 0. The van der Waals surface area contributed by atoms with Gasteiger partial charge in [-0.2, -0.15) is 0 Å². The minimum atomic E-state index is 0.00282. The number of carbonyl (C=O) groups is 1. The molecule has 3 atom stereocenters. The van der Waals surface area contributed by atoms with Gasteiger partial charge in [0.15, 0.2) is 5.78 Å². The molecule has 2 aliphatic carbocycles. The summed E-state index contributed by atoms with van der Waals surface area (Å²) in [5, 5.41) is 0. The third-order valence-electron chi connectivity index (χ3n) is 3.39. The summed E-state index contributed by atoms with van der Waals surface area (Å²) in [5.41, 5.74) is 6.63. The second-order valence-corrected chi connectivity index (χ2v) is 5.40. The molecule has 15 heavy (non-hydrogen) atoms. The zero-order chi connectivity index (χ0) is 10.8. The molecule has 0 saturated heterocycles. The highest BCUT2D eigenvalue weighted by Gasteiger charge is 2.38. The van der Waals surface area contributed by atoms with Crippen molar-refractivity contribution < 1.29 is 4.79 Å². The van der Waals surface area contributed by atoms with Crippen LogP contribution in [0.1, 0.15) is 19.3 Å². The third-order valence-corrected chi connectivity index (χ3v) is 4.18. The summed E-state index contributed by atoms with van der Waals surface area (Å²) in [4.78, 5) is 11.9. The number of fused-ring (bicyclic) bond motifs is 1.